The van der Waals surface area contributed by atoms with Crippen LogP contribution in [0.1, 0.15) is 58.8 Å². The van der Waals surface area contributed by atoms with Gasteiger partial charge in [-0.15, -0.1) is 0 Å². The van der Waals surface area contributed by atoms with E-state index in [4.69, 9.17) is 0 Å². The highest BCUT2D eigenvalue weighted by Crippen LogP contribution is 2.28. The van der Waals surface area contributed by atoms with Crippen LogP contribution in [0.15, 0.2) is 23.3 Å². The smallest absolute Gasteiger partial charge is 0.120 e. The first-order valence-corrected chi connectivity index (χ1v) is 6.57. The third-order valence-corrected chi connectivity index (χ3v) is 3.42. The van der Waals surface area contributed by atoms with E-state index < -0.39 is 0 Å². The number of aldehydes is 1. The summed E-state index contributed by atoms with van der Waals surface area (Å²) in [4.78, 5) is 10.7. The van der Waals surface area contributed by atoms with Crippen molar-refractivity contribution in [1.29, 1.82) is 0 Å². The van der Waals surface area contributed by atoms with Gasteiger partial charge in [-0.05, 0) is 44.1 Å². The van der Waals surface area contributed by atoms with Gasteiger partial charge < -0.3 is 4.79 Å². The van der Waals surface area contributed by atoms with E-state index in [1.54, 1.807) is 0 Å². The monoisotopic (exact) mass is 220 g/mol. The van der Waals surface area contributed by atoms with Crippen LogP contribution in [0.4, 0.5) is 0 Å². The predicted molar refractivity (Wildman–Crippen MR) is 69.4 cm³/mol. The Morgan fingerprint density at radius 3 is 2.75 bits per heavy atom. The Hall–Kier alpha value is -0.850. The molecule has 0 aromatic heterocycles. The standard InChI is InChI=1S/C15H24O/c1-3-4-8-14(10-11-16)12-15-9-6-5-7-13(15)2/h7,9,11,14H,3-6,8,10,12H2,1-2H3. The molecule has 0 aliphatic heterocycles. The Morgan fingerprint density at radius 2 is 2.12 bits per heavy atom. The van der Waals surface area contributed by atoms with Gasteiger partial charge in [0.15, 0.2) is 0 Å². The number of unbranched alkanes of at least 4 members (excludes halogenated alkanes) is 1. The molecule has 1 heteroatoms. The topological polar surface area (TPSA) is 17.1 Å². The van der Waals surface area contributed by atoms with E-state index in [9.17, 15) is 4.79 Å². The fourth-order valence-corrected chi connectivity index (χ4v) is 2.34. The number of carbonyl (C=O) groups excluding carboxylic acids is 1. The van der Waals surface area contributed by atoms with Crippen molar-refractivity contribution in [3.63, 3.8) is 0 Å². The molecule has 90 valence electrons. The largest absolute Gasteiger partial charge is 0.303 e. The summed E-state index contributed by atoms with van der Waals surface area (Å²) in [5.41, 5.74) is 2.91. The van der Waals surface area contributed by atoms with Crippen LogP contribution in [0.2, 0.25) is 0 Å². The molecule has 0 radical (unpaired) electrons. The number of carbonyl (C=O) groups is 1. The van der Waals surface area contributed by atoms with Gasteiger partial charge in [0, 0.05) is 6.42 Å². The Bertz CT molecular complexity index is 273. The maximum absolute atomic E-state index is 10.7. The first-order valence-electron chi connectivity index (χ1n) is 6.57. The molecule has 0 aromatic carbocycles. The molecular weight excluding hydrogens is 196 g/mol. The van der Waals surface area contributed by atoms with Crippen LogP contribution in [0, 0.1) is 5.92 Å². The minimum absolute atomic E-state index is 0.560. The van der Waals surface area contributed by atoms with Gasteiger partial charge in [0.2, 0.25) is 0 Å². The van der Waals surface area contributed by atoms with Gasteiger partial charge in [0.1, 0.15) is 6.29 Å². The molecule has 1 unspecified atom stereocenters. The maximum atomic E-state index is 10.7. The summed E-state index contributed by atoms with van der Waals surface area (Å²) < 4.78 is 0. The molecule has 1 nitrogen and oxygen atoms in total. The van der Waals surface area contributed by atoms with Gasteiger partial charge in [0.25, 0.3) is 0 Å². The van der Waals surface area contributed by atoms with Gasteiger partial charge in [-0.1, -0.05) is 37.5 Å². The van der Waals surface area contributed by atoms with Gasteiger partial charge in [-0.2, -0.15) is 0 Å². The second-order valence-corrected chi connectivity index (χ2v) is 4.81. The summed E-state index contributed by atoms with van der Waals surface area (Å²) in [5.74, 6) is 0.560. The highest BCUT2D eigenvalue weighted by atomic mass is 16.1. The van der Waals surface area contributed by atoms with Crippen LogP contribution >= 0.6 is 0 Å². The van der Waals surface area contributed by atoms with E-state index in [1.165, 1.54) is 43.3 Å². The average Bonchev–Trinajstić information content (AvgIpc) is 2.29. The first kappa shape index (κ1) is 13.2. The van der Waals surface area contributed by atoms with Crippen molar-refractivity contribution >= 4 is 6.29 Å². The van der Waals surface area contributed by atoms with Crippen molar-refractivity contribution < 1.29 is 4.79 Å². The van der Waals surface area contributed by atoms with Crippen molar-refractivity contribution in [2.24, 2.45) is 5.92 Å². The molecule has 0 saturated carbocycles. The zero-order valence-corrected chi connectivity index (χ0v) is 10.7. The lowest BCUT2D eigenvalue weighted by Crippen LogP contribution is -2.05. The summed E-state index contributed by atoms with van der Waals surface area (Å²) in [5, 5.41) is 0. The fraction of sp³-hybridized carbons (Fsp3) is 0.667. The van der Waals surface area contributed by atoms with Crippen molar-refractivity contribution in [2.45, 2.75) is 58.8 Å². The first-order chi connectivity index (χ1) is 7.77. The van der Waals surface area contributed by atoms with E-state index in [-0.39, 0.29) is 0 Å². The predicted octanol–water partition coefficient (Wildman–Crippen LogP) is 4.44. The molecular formula is C15H24O. The van der Waals surface area contributed by atoms with Crippen LogP contribution in [-0.2, 0) is 4.79 Å². The van der Waals surface area contributed by atoms with Crippen molar-refractivity contribution in [3.05, 3.63) is 23.3 Å². The highest BCUT2D eigenvalue weighted by molar-refractivity contribution is 5.50. The molecule has 0 saturated heterocycles. The molecule has 0 amide bonds. The third kappa shape index (κ3) is 4.34. The van der Waals surface area contributed by atoms with Crippen molar-refractivity contribution in [2.75, 3.05) is 0 Å². The minimum atomic E-state index is 0.560. The number of allylic oxidation sites excluding steroid dienone is 4. The molecule has 0 N–H and O–H groups in total. The van der Waals surface area contributed by atoms with E-state index in [0.29, 0.717) is 5.92 Å². The SMILES string of the molecule is CCCCC(CC=O)CC1=CCCC=C1C. The maximum Gasteiger partial charge on any atom is 0.120 e. The summed E-state index contributed by atoms with van der Waals surface area (Å²) in [6, 6.07) is 0. The van der Waals surface area contributed by atoms with Crippen LogP contribution < -0.4 is 0 Å². The Morgan fingerprint density at radius 1 is 1.38 bits per heavy atom. The van der Waals surface area contributed by atoms with Crippen molar-refractivity contribution in [3.8, 4) is 0 Å². The van der Waals surface area contributed by atoms with Crippen LogP contribution in [0.3, 0.4) is 0 Å². The van der Waals surface area contributed by atoms with E-state index in [0.717, 1.165) is 19.1 Å². The Balaban J connectivity index is 2.49. The molecule has 0 spiro atoms. The van der Waals surface area contributed by atoms with Crippen LogP contribution in [0.25, 0.3) is 0 Å². The second kappa shape index (κ2) is 7.43. The average molecular weight is 220 g/mol. The van der Waals surface area contributed by atoms with Crippen LogP contribution in [-0.4, -0.2) is 6.29 Å². The van der Waals surface area contributed by atoms with E-state index in [1.807, 2.05) is 0 Å². The molecule has 0 fully saturated rings. The second-order valence-electron chi connectivity index (χ2n) is 4.81. The van der Waals surface area contributed by atoms with Gasteiger partial charge in [-0.3, -0.25) is 0 Å². The molecule has 1 rings (SSSR count). The van der Waals surface area contributed by atoms with Gasteiger partial charge >= 0.3 is 0 Å². The highest BCUT2D eigenvalue weighted by Gasteiger charge is 2.13. The van der Waals surface area contributed by atoms with Crippen LogP contribution in [0.5, 0.6) is 0 Å². The lowest BCUT2D eigenvalue weighted by atomic mass is 9.86. The number of hydrogen-bond donors (Lipinski definition) is 0. The molecule has 1 aliphatic rings. The normalized spacial score (nSPS) is 17.6. The van der Waals surface area contributed by atoms with Gasteiger partial charge in [0.05, 0.1) is 0 Å². The Labute approximate surface area is 99.6 Å². The fourth-order valence-electron chi connectivity index (χ4n) is 2.34. The zero-order chi connectivity index (χ0) is 11.8. The lowest BCUT2D eigenvalue weighted by Gasteiger charge is -2.19. The van der Waals surface area contributed by atoms with E-state index in [2.05, 4.69) is 26.0 Å². The summed E-state index contributed by atoms with van der Waals surface area (Å²) >= 11 is 0. The summed E-state index contributed by atoms with van der Waals surface area (Å²) in [6.07, 6.45) is 13.6. The summed E-state index contributed by atoms with van der Waals surface area (Å²) in [7, 11) is 0. The number of rotatable bonds is 7. The number of hydrogen-bond acceptors (Lipinski definition) is 1. The Kier molecular flexibility index (Phi) is 6.14. The van der Waals surface area contributed by atoms with Gasteiger partial charge in [-0.25, -0.2) is 0 Å². The third-order valence-electron chi connectivity index (χ3n) is 3.42. The lowest BCUT2D eigenvalue weighted by molar-refractivity contribution is -0.108. The minimum Gasteiger partial charge on any atom is -0.303 e. The zero-order valence-electron chi connectivity index (χ0n) is 10.7. The molecule has 16 heavy (non-hydrogen) atoms. The molecule has 0 aromatic rings. The quantitative estimate of drug-likeness (QED) is 0.580. The molecule has 0 heterocycles. The van der Waals surface area contributed by atoms with Crippen molar-refractivity contribution in [1.82, 2.24) is 0 Å². The molecule has 1 atom stereocenters. The summed E-state index contributed by atoms with van der Waals surface area (Å²) in [6.45, 7) is 4.41. The molecule has 0 bridgehead atoms. The molecule has 1 aliphatic carbocycles. The van der Waals surface area contributed by atoms with E-state index >= 15 is 0 Å².